The Bertz CT molecular complexity index is 604. The van der Waals surface area contributed by atoms with Gasteiger partial charge in [-0.05, 0) is 49.6 Å². The molecule has 7 heteroatoms. The van der Waals surface area contributed by atoms with Gasteiger partial charge >= 0.3 is 0 Å². The van der Waals surface area contributed by atoms with Gasteiger partial charge in [0.15, 0.2) is 0 Å². The summed E-state index contributed by atoms with van der Waals surface area (Å²) in [6.07, 6.45) is 0.872. The molecule has 2 rings (SSSR count). The lowest BCUT2D eigenvalue weighted by Gasteiger charge is -2.15. The standard InChI is InChI=1S/C13H13Br2ClN2O2/c1-20-5-4-18-12(10(15)7-17-18)13(19)8-2-3-11(16)9(14)6-8/h2-3,6-7,13,19H,4-5H2,1H3. The number of nitrogens with zero attached hydrogens (tertiary/aromatic N) is 2. The van der Waals surface area contributed by atoms with E-state index in [1.165, 1.54) is 0 Å². The van der Waals surface area contributed by atoms with Gasteiger partial charge in [0.1, 0.15) is 6.10 Å². The number of aliphatic hydroxyl groups excluding tert-OH is 1. The maximum Gasteiger partial charge on any atom is 0.122 e. The quantitative estimate of drug-likeness (QED) is 0.795. The zero-order valence-corrected chi connectivity index (χ0v) is 14.6. The fourth-order valence-corrected chi connectivity index (χ4v) is 2.87. The van der Waals surface area contributed by atoms with Gasteiger partial charge in [0.25, 0.3) is 0 Å². The summed E-state index contributed by atoms with van der Waals surface area (Å²) < 4.78 is 8.27. The molecular weight excluding hydrogens is 411 g/mol. The van der Waals surface area contributed by atoms with E-state index in [0.29, 0.717) is 23.9 Å². The third kappa shape index (κ3) is 3.43. The van der Waals surface area contributed by atoms with Crippen LogP contribution in [0.15, 0.2) is 33.3 Å². The van der Waals surface area contributed by atoms with Crippen LogP contribution in [-0.4, -0.2) is 28.6 Å². The minimum atomic E-state index is -0.794. The van der Waals surface area contributed by atoms with Crippen LogP contribution >= 0.6 is 43.5 Å². The topological polar surface area (TPSA) is 47.3 Å². The second-order valence-corrected chi connectivity index (χ2v) is 6.29. The number of rotatable bonds is 5. The Morgan fingerprint density at radius 1 is 1.40 bits per heavy atom. The minimum absolute atomic E-state index is 0.526. The predicted molar refractivity (Wildman–Crippen MR) is 85.0 cm³/mol. The van der Waals surface area contributed by atoms with Crippen LogP contribution in [0.25, 0.3) is 0 Å². The molecule has 1 atom stereocenters. The number of ether oxygens (including phenoxy) is 1. The molecule has 0 bridgehead atoms. The molecule has 0 spiro atoms. The molecule has 0 amide bonds. The zero-order valence-electron chi connectivity index (χ0n) is 10.7. The zero-order chi connectivity index (χ0) is 14.7. The highest BCUT2D eigenvalue weighted by atomic mass is 79.9. The van der Waals surface area contributed by atoms with Crippen molar-refractivity contribution in [2.75, 3.05) is 13.7 Å². The van der Waals surface area contributed by atoms with Crippen LogP contribution in [0.1, 0.15) is 17.4 Å². The molecule has 108 valence electrons. The number of aliphatic hydroxyl groups is 1. The van der Waals surface area contributed by atoms with Crippen molar-refractivity contribution in [1.29, 1.82) is 0 Å². The molecule has 0 aliphatic rings. The van der Waals surface area contributed by atoms with Crippen molar-refractivity contribution >= 4 is 43.5 Å². The first-order valence-corrected chi connectivity index (χ1v) is 7.84. The summed E-state index contributed by atoms with van der Waals surface area (Å²) in [5.74, 6) is 0. The highest BCUT2D eigenvalue weighted by Gasteiger charge is 2.20. The molecule has 1 unspecified atom stereocenters. The lowest BCUT2D eigenvalue weighted by molar-refractivity contribution is 0.171. The summed E-state index contributed by atoms with van der Waals surface area (Å²) in [6, 6.07) is 5.33. The number of methoxy groups -OCH3 is 1. The van der Waals surface area contributed by atoms with Crippen molar-refractivity contribution in [3.63, 3.8) is 0 Å². The maximum atomic E-state index is 10.6. The highest BCUT2D eigenvalue weighted by Crippen LogP contribution is 2.32. The SMILES string of the molecule is COCCn1ncc(Br)c1C(O)c1ccc(Cl)c(Br)c1. The highest BCUT2D eigenvalue weighted by molar-refractivity contribution is 9.10. The Labute approximate surface area is 139 Å². The molecule has 1 aromatic carbocycles. The molecular formula is C13H13Br2ClN2O2. The summed E-state index contributed by atoms with van der Waals surface area (Å²) in [7, 11) is 1.63. The Kier molecular flexibility index (Phi) is 5.63. The van der Waals surface area contributed by atoms with Gasteiger partial charge in [-0.15, -0.1) is 0 Å². The van der Waals surface area contributed by atoms with Crippen molar-refractivity contribution in [2.45, 2.75) is 12.6 Å². The molecule has 0 aliphatic heterocycles. The first-order chi connectivity index (χ1) is 9.54. The van der Waals surface area contributed by atoms with Crippen LogP contribution in [0.3, 0.4) is 0 Å². The first kappa shape index (κ1) is 16.0. The van der Waals surface area contributed by atoms with Crippen molar-refractivity contribution < 1.29 is 9.84 Å². The van der Waals surface area contributed by atoms with E-state index in [2.05, 4.69) is 37.0 Å². The van der Waals surface area contributed by atoms with Gasteiger partial charge in [0.2, 0.25) is 0 Å². The Morgan fingerprint density at radius 2 is 2.15 bits per heavy atom. The van der Waals surface area contributed by atoms with Crippen LogP contribution in [0, 0.1) is 0 Å². The fraction of sp³-hybridized carbons (Fsp3) is 0.308. The molecule has 0 saturated heterocycles. The second kappa shape index (κ2) is 7.04. The lowest BCUT2D eigenvalue weighted by atomic mass is 10.1. The molecule has 0 aliphatic carbocycles. The molecule has 0 radical (unpaired) electrons. The molecule has 1 heterocycles. The van der Waals surface area contributed by atoms with E-state index in [1.807, 2.05) is 0 Å². The Balaban J connectivity index is 2.34. The van der Waals surface area contributed by atoms with Gasteiger partial charge in [-0.2, -0.15) is 5.10 Å². The largest absolute Gasteiger partial charge is 0.383 e. The number of aromatic nitrogens is 2. The summed E-state index contributed by atoms with van der Waals surface area (Å²) in [5.41, 5.74) is 1.43. The minimum Gasteiger partial charge on any atom is -0.383 e. The van der Waals surface area contributed by atoms with Gasteiger partial charge in [-0.25, -0.2) is 0 Å². The van der Waals surface area contributed by atoms with Gasteiger partial charge in [0, 0.05) is 11.6 Å². The van der Waals surface area contributed by atoms with Crippen LogP contribution in [-0.2, 0) is 11.3 Å². The Morgan fingerprint density at radius 3 is 2.80 bits per heavy atom. The van der Waals surface area contributed by atoms with E-state index in [0.717, 1.165) is 14.5 Å². The molecule has 4 nitrogen and oxygen atoms in total. The molecule has 1 aromatic heterocycles. The van der Waals surface area contributed by atoms with Crippen LogP contribution < -0.4 is 0 Å². The number of hydrogen-bond acceptors (Lipinski definition) is 3. The summed E-state index contributed by atoms with van der Waals surface area (Å²) >= 11 is 12.7. The van der Waals surface area contributed by atoms with E-state index in [4.69, 9.17) is 16.3 Å². The van der Waals surface area contributed by atoms with Gasteiger partial charge in [-0.3, -0.25) is 4.68 Å². The average molecular weight is 425 g/mol. The number of benzene rings is 1. The van der Waals surface area contributed by atoms with Crippen LogP contribution in [0.2, 0.25) is 5.02 Å². The van der Waals surface area contributed by atoms with E-state index in [9.17, 15) is 5.11 Å². The van der Waals surface area contributed by atoms with Crippen molar-refractivity contribution in [1.82, 2.24) is 9.78 Å². The molecule has 2 aromatic rings. The maximum absolute atomic E-state index is 10.6. The van der Waals surface area contributed by atoms with Gasteiger partial charge < -0.3 is 9.84 Å². The molecule has 0 fully saturated rings. The summed E-state index contributed by atoms with van der Waals surface area (Å²) in [4.78, 5) is 0. The summed E-state index contributed by atoms with van der Waals surface area (Å²) in [5, 5.41) is 15.4. The van der Waals surface area contributed by atoms with Gasteiger partial charge in [-0.1, -0.05) is 17.7 Å². The Hall–Kier alpha value is -0.400. The summed E-state index contributed by atoms with van der Waals surface area (Å²) in [6.45, 7) is 1.10. The smallest absolute Gasteiger partial charge is 0.122 e. The monoisotopic (exact) mass is 422 g/mol. The number of hydrogen-bond donors (Lipinski definition) is 1. The van der Waals surface area contributed by atoms with Gasteiger partial charge in [0.05, 0.1) is 34.5 Å². The molecule has 1 N–H and O–H groups in total. The average Bonchev–Trinajstić information content (AvgIpc) is 2.80. The molecule has 20 heavy (non-hydrogen) atoms. The number of halogens is 3. The van der Waals surface area contributed by atoms with E-state index < -0.39 is 6.10 Å². The molecule has 0 saturated carbocycles. The third-order valence-electron chi connectivity index (χ3n) is 2.86. The normalized spacial score (nSPS) is 12.7. The van der Waals surface area contributed by atoms with E-state index in [1.54, 1.807) is 36.2 Å². The van der Waals surface area contributed by atoms with Crippen LogP contribution in [0.5, 0.6) is 0 Å². The van der Waals surface area contributed by atoms with Crippen molar-refractivity contribution in [3.8, 4) is 0 Å². The van der Waals surface area contributed by atoms with E-state index >= 15 is 0 Å². The van der Waals surface area contributed by atoms with E-state index in [-0.39, 0.29) is 0 Å². The lowest BCUT2D eigenvalue weighted by Crippen LogP contribution is -2.13. The van der Waals surface area contributed by atoms with Crippen molar-refractivity contribution in [3.05, 3.63) is 49.6 Å². The first-order valence-electron chi connectivity index (χ1n) is 5.87. The fourth-order valence-electron chi connectivity index (χ4n) is 1.84. The predicted octanol–water partition coefficient (Wildman–Crippen LogP) is 3.79. The third-order valence-corrected chi connectivity index (χ3v) is 4.68. The van der Waals surface area contributed by atoms with Crippen LogP contribution in [0.4, 0.5) is 0 Å². The second-order valence-electron chi connectivity index (χ2n) is 4.17. The van der Waals surface area contributed by atoms with Crippen molar-refractivity contribution in [2.24, 2.45) is 0 Å².